The summed E-state index contributed by atoms with van der Waals surface area (Å²) in [7, 11) is -2.61. The maximum atomic E-state index is 12.0. The second-order valence-corrected chi connectivity index (χ2v) is 15.0. The molecule has 0 saturated carbocycles. The predicted octanol–water partition coefficient (Wildman–Crippen LogP) is 4.21. The molecule has 0 aliphatic carbocycles. The molecule has 0 radical (unpaired) electrons. The van der Waals surface area contributed by atoms with Crippen LogP contribution in [0.2, 0.25) is 5.04 Å². The van der Waals surface area contributed by atoms with Crippen molar-refractivity contribution in [3.63, 3.8) is 0 Å². The van der Waals surface area contributed by atoms with E-state index in [2.05, 4.69) is 98.5 Å². The first-order chi connectivity index (χ1) is 16.4. The van der Waals surface area contributed by atoms with Crippen molar-refractivity contribution in [2.75, 3.05) is 13.2 Å². The Labute approximate surface area is 204 Å². The number of carbonyl (C=O) groups excluding carboxylic acids is 1. The predicted molar refractivity (Wildman–Crippen MR) is 139 cm³/mol. The van der Waals surface area contributed by atoms with E-state index >= 15 is 0 Å². The summed E-state index contributed by atoms with van der Waals surface area (Å²) in [4.78, 5) is 14.5. The fourth-order valence-electron chi connectivity index (χ4n) is 6.06. The smallest absolute Gasteiger partial charge is 0.331 e. The van der Waals surface area contributed by atoms with E-state index in [4.69, 9.17) is 9.16 Å². The van der Waals surface area contributed by atoms with E-state index in [0.29, 0.717) is 6.61 Å². The molecule has 2 aromatic rings. The number of ether oxygens (including phenoxy) is 1. The van der Waals surface area contributed by atoms with Crippen LogP contribution in [0.25, 0.3) is 0 Å². The molecule has 5 rings (SSSR count). The third kappa shape index (κ3) is 4.10. The highest BCUT2D eigenvalue weighted by Crippen LogP contribution is 2.38. The molecule has 2 aromatic carbocycles. The van der Waals surface area contributed by atoms with Crippen LogP contribution in [-0.2, 0) is 14.0 Å². The third-order valence-electron chi connectivity index (χ3n) is 7.62. The highest BCUT2D eigenvalue weighted by Gasteiger charge is 2.51. The normalized spacial score (nSPS) is 25.2. The van der Waals surface area contributed by atoms with Crippen LogP contribution in [0.4, 0.5) is 0 Å². The van der Waals surface area contributed by atoms with Crippen LogP contribution in [0.1, 0.15) is 40.0 Å². The number of carbonyl (C=O) groups is 1. The third-order valence-corrected chi connectivity index (χ3v) is 12.6. The van der Waals surface area contributed by atoms with Crippen LogP contribution >= 0.6 is 0 Å². The molecule has 0 bridgehead atoms. The Hall–Kier alpha value is -2.47. The van der Waals surface area contributed by atoms with Crippen molar-refractivity contribution in [1.82, 2.24) is 4.90 Å². The highest BCUT2D eigenvalue weighted by molar-refractivity contribution is 6.99. The molecular weight excluding hydrogens is 438 g/mol. The van der Waals surface area contributed by atoms with Gasteiger partial charge in [-0.3, -0.25) is 4.90 Å². The van der Waals surface area contributed by atoms with Crippen LogP contribution in [0.3, 0.4) is 0 Å². The number of hydrogen-bond donors (Lipinski definition) is 0. The monoisotopic (exact) mass is 473 g/mol. The molecular formula is C29H35NO3Si. The number of benzene rings is 2. The molecule has 0 aromatic heterocycles. The topological polar surface area (TPSA) is 38.8 Å². The minimum absolute atomic E-state index is 0.0555. The van der Waals surface area contributed by atoms with Crippen LogP contribution in [0.5, 0.6) is 0 Å². The lowest BCUT2D eigenvalue weighted by molar-refractivity contribution is -0.142. The quantitative estimate of drug-likeness (QED) is 0.482. The van der Waals surface area contributed by atoms with Crippen molar-refractivity contribution < 1.29 is 14.0 Å². The minimum atomic E-state index is -2.61. The van der Waals surface area contributed by atoms with Gasteiger partial charge in [-0.1, -0.05) is 100 Å². The summed E-state index contributed by atoms with van der Waals surface area (Å²) in [5.74, 6) is -0.211. The molecule has 3 heterocycles. The average molecular weight is 474 g/mol. The van der Waals surface area contributed by atoms with Gasteiger partial charge in [-0.15, -0.1) is 0 Å². The number of nitrogens with zero attached hydrogens (tertiary/aromatic N) is 1. The van der Waals surface area contributed by atoms with Gasteiger partial charge in [-0.2, -0.15) is 0 Å². The molecule has 3 atom stereocenters. The molecule has 3 aliphatic heterocycles. The van der Waals surface area contributed by atoms with Crippen molar-refractivity contribution in [1.29, 1.82) is 0 Å². The molecule has 178 valence electrons. The second kappa shape index (κ2) is 9.29. The Balaban J connectivity index is 1.53. The van der Waals surface area contributed by atoms with Gasteiger partial charge in [0.05, 0.1) is 18.7 Å². The molecule has 0 amide bonds. The van der Waals surface area contributed by atoms with Crippen LogP contribution < -0.4 is 10.4 Å². The first-order valence-electron chi connectivity index (χ1n) is 12.5. The van der Waals surface area contributed by atoms with E-state index in [1.807, 2.05) is 0 Å². The van der Waals surface area contributed by atoms with Crippen LogP contribution in [-0.4, -0.2) is 50.5 Å². The highest BCUT2D eigenvalue weighted by atomic mass is 28.4. The van der Waals surface area contributed by atoms with Crippen molar-refractivity contribution in [3.8, 4) is 0 Å². The van der Waals surface area contributed by atoms with Crippen LogP contribution in [0, 0.1) is 0 Å². The lowest BCUT2D eigenvalue weighted by atomic mass is 9.94. The van der Waals surface area contributed by atoms with Crippen molar-refractivity contribution in [2.45, 2.75) is 63.3 Å². The first kappa shape index (κ1) is 23.3. The number of rotatable bonds is 5. The standard InChI is InChI=1S/C29H35NO3Si/c1-29(2,3)34(24-12-6-4-7-13-24,25-14-8-5-9-15-25)32-21-23-18-17-22-20-27(31)33-28(22)26-16-10-11-19-30(23)26/h4-9,12-15,17-18,20,23,26,28H,10-11,16,19,21H2,1-3H3/t23-,26+,28+/m1/s1. The molecule has 0 N–H and O–H groups in total. The maximum Gasteiger partial charge on any atom is 0.331 e. The van der Waals surface area contributed by atoms with E-state index < -0.39 is 8.32 Å². The molecule has 3 aliphatic rings. The minimum Gasteiger partial charge on any atom is -0.453 e. The van der Waals surface area contributed by atoms with E-state index in [1.165, 1.54) is 23.2 Å². The summed E-state index contributed by atoms with van der Waals surface area (Å²) in [6.07, 6.45) is 9.25. The molecule has 1 saturated heterocycles. The molecule has 4 nitrogen and oxygen atoms in total. The second-order valence-electron chi connectivity index (χ2n) is 10.7. The summed E-state index contributed by atoms with van der Waals surface area (Å²) in [6.45, 7) is 8.58. The van der Waals surface area contributed by atoms with Gasteiger partial charge in [0, 0.05) is 11.6 Å². The lowest BCUT2D eigenvalue weighted by Gasteiger charge is -2.46. The zero-order chi connectivity index (χ0) is 23.8. The van der Waals surface area contributed by atoms with Gasteiger partial charge in [-0.25, -0.2) is 4.79 Å². The molecule has 5 heteroatoms. The van der Waals surface area contributed by atoms with Gasteiger partial charge >= 0.3 is 5.97 Å². The van der Waals surface area contributed by atoms with Crippen molar-refractivity contribution in [2.24, 2.45) is 0 Å². The fourth-order valence-corrected chi connectivity index (χ4v) is 10.6. The van der Waals surface area contributed by atoms with Gasteiger partial charge in [0.25, 0.3) is 8.32 Å². The Kier molecular flexibility index (Phi) is 6.36. The fraction of sp³-hybridized carbons (Fsp3) is 0.414. The SMILES string of the molecule is CC(C)(C)[Si](OC[C@H]1C=CC2=CC(=O)O[C@@H]2[C@@H]2CCCCN12)(c1ccccc1)c1ccccc1. The molecule has 0 spiro atoms. The largest absolute Gasteiger partial charge is 0.453 e. The maximum absolute atomic E-state index is 12.0. The Morgan fingerprint density at radius 1 is 1.00 bits per heavy atom. The van der Waals surface area contributed by atoms with Crippen LogP contribution in [0.15, 0.2) is 84.5 Å². The van der Waals surface area contributed by atoms with E-state index in [-0.39, 0.29) is 29.2 Å². The van der Waals surface area contributed by atoms with Gasteiger partial charge in [0.2, 0.25) is 0 Å². The van der Waals surface area contributed by atoms with Crippen molar-refractivity contribution in [3.05, 3.63) is 84.5 Å². The summed E-state index contributed by atoms with van der Waals surface area (Å²) in [5.41, 5.74) is 1.01. The van der Waals surface area contributed by atoms with E-state index in [0.717, 1.165) is 18.5 Å². The zero-order valence-electron chi connectivity index (χ0n) is 20.4. The van der Waals surface area contributed by atoms with Gasteiger partial charge in [-0.05, 0) is 34.8 Å². The van der Waals surface area contributed by atoms with E-state index in [9.17, 15) is 4.79 Å². The summed E-state index contributed by atoms with van der Waals surface area (Å²) in [5, 5.41) is 2.55. The molecule has 1 fully saturated rings. The lowest BCUT2D eigenvalue weighted by Crippen LogP contribution is -2.67. The van der Waals surface area contributed by atoms with Gasteiger partial charge < -0.3 is 9.16 Å². The Morgan fingerprint density at radius 3 is 2.26 bits per heavy atom. The number of piperidine rings is 1. The summed E-state index contributed by atoms with van der Waals surface area (Å²) in [6, 6.07) is 22.0. The number of hydrogen-bond acceptors (Lipinski definition) is 4. The number of fused-ring (bicyclic) bond motifs is 3. The summed E-state index contributed by atoms with van der Waals surface area (Å²) >= 11 is 0. The van der Waals surface area contributed by atoms with E-state index in [1.54, 1.807) is 6.08 Å². The summed E-state index contributed by atoms with van der Waals surface area (Å²) < 4.78 is 13.0. The Bertz CT molecular complexity index is 1030. The van der Waals surface area contributed by atoms with Gasteiger partial charge in [0.1, 0.15) is 6.10 Å². The molecule has 34 heavy (non-hydrogen) atoms. The zero-order valence-corrected chi connectivity index (χ0v) is 21.4. The Morgan fingerprint density at radius 2 is 1.65 bits per heavy atom. The number of esters is 1. The van der Waals surface area contributed by atoms with Gasteiger partial charge in [0.15, 0.2) is 0 Å². The first-order valence-corrected chi connectivity index (χ1v) is 14.4. The average Bonchev–Trinajstić information content (AvgIpc) is 3.15. The van der Waals surface area contributed by atoms with Crippen molar-refractivity contribution >= 4 is 24.7 Å². The molecule has 0 unspecified atom stereocenters.